The summed E-state index contributed by atoms with van der Waals surface area (Å²) in [6.45, 7) is 1.16. The van der Waals surface area contributed by atoms with Crippen LogP contribution in [0.15, 0.2) is 29.3 Å². The van der Waals surface area contributed by atoms with Crippen LogP contribution in [0.5, 0.6) is 0 Å². The lowest BCUT2D eigenvalue weighted by molar-refractivity contribution is -0.157. The van der Waals surface area contributed by atoms with Gasteiger partial charge in [0.1, 0.15) is 11.9 Å². The maximum atomic E-state index is 12.6. The van der Waals surface area contributed by atoms with Crippen LogP contribution in [0, 0.1) is 5.92 Å². The van der Waals surface area contributed by atoms with Crippen molar-refractivity contribution in [3.63, 3.8) is 0 Å². The van der Waals surface area contributed by atoms with Crippen molar-refractivity contribution in [1.82, 2.24) is 4.90 Å². The number of Topliss-reactive ketones (excluding diaryl/α,β-unsaturated/α-hetero) is 1. The molecule has 0 aliphatic carbocycles. The first kappa shape index (κ1) is 14.3. The Bertz CT molecular complexity index is 741. The number of aliphatic imine (C=N–C) groups is 1. The summed E-state index contributed by atoms with van der Waals surface area (Å²) in [5, 5.41) is 0. The normalized spacial score (nSPS) is 36.2. The number of benzene rings is 1. The van der Waals surface area contributed by atoms with Gasteiger partial charge in [-0.1, -0.05) is 24.3 Å². The van der Waals surface area contributed by atoms with Crippen molar-refractivity contribution in [3.05, 3.63) is 35.4 Å². The van der Waals surface area contributed by atoms with E-state index in [1.165, 1.54) is 0 Å². The predicted molar refractivity (Wildman–Crippen MR) is 87.8 cm³/mol. The molecule has 124 valence electrons. The average Bonchev–Trinajstić information content (AvgIpc) is 2.99. The van der Waals surface area contributed by atoms with Gasteiger partial charge in [-0.3, -0.25) is 14.7 Å². The number of ketones is 1. The fourth-order valence-corrected chi connectivity index (χ4v) is 4.94. The number of carbonyl (C=O) groups excluding carboxylic acids is 2. The third-order valence-corrected chi connectivity index (χ3v) is 6.06. The third-order valence-electron chi connectivity index (χ3n) is 6.06. The molecule has 0 aromatic heterocycles. The van der Waals surface area contributed by atoms with Crippen LogP contribution in [0.4, 0.5) is 0 Å². The Hall–Kier alpha value is -2.01. The number of fused-ring (bicyclic) bond motifs is 2. The van der Waals surface area contributed by atoms with Gasteiger partial charge in [-0.25, -0.2) is 4.79 Å². The SMILES string of the molecule is O=C(OC1CC2CC3CC(C1)N2CC3=O)C1=NCc2ccccc21. The maximum absolute atomic E-state index is 12.6. The van der Waals surface area contributed by atoms with Gasteiger partial charge < -0.3 is 4.74 Å². The monoisotopic (exact) mass is 324 g/mol. The second-order valence-electron chi connectivity index (χ2n) is 7.44. The van der Waals surface area contributed by atoms with Crippen LogP contribution >= 0.6 is 0 Å². The summed E-state index contributed by atoms with van der Waals surface area (Å²) in [7, 11) is 0. The fraction of sp³-hybridized carbons (Fsp3) is 0.526. The summed E-state index contributed by atoms with van der Waals surface area (Å²) >= 11 is 0. The smallest absolute Gasteiger partial charge is 0.357 e. The van der Waals surface area contributed by atoms with Crippen molar-refractivity contribution < 1.29 is 14.3 Å². The number of piperidine rings is 4. The third kappa shape index (κ3) is 2.14. The van der Waals surface area contributed by atoms with Crippen LogP contribution in [-0.2, 0) is 20.9 Å². The van der Waals surface area contributed by atoms with E-state index in [1.54, 1.807) is 0 Å². The molecule has 0 saturated carbocycles. The van der Waals surface area contributed by atoms with E-state index >= 15 is 0 Å². The lowest BCUT2D eigenvalue weighted by Crippen LogP contribution is -2.63. The molecule has 4 bridgehead atoms. The summed E-state index contributed by atoms with van der Waals surface area (Å²) in [6, 6.07) is 8.64. The van der Waals surface area contributed by atoms with E-state index in [9.17, 15) is 9.59 Å². The van der Waals surface area contributed by atoms with Gasteiger partial charge in [-0.2, -0.15) is 0 Å². The number of esters is 1. The van der Waals surface area contributed by atoms with Crippen LogP contribution < -0.4 is 0 Å². The number of carbonyl (C=O) groups is 2. The first-order valence-corrected chi connectivity index (χ1v) is 8.81. The molecule has 0 radical (unpaired) electrons. The van der Waals surface area contributed by atoms with Crippen LogP contribution in [-0.4, -0.2) is 47.1 Å². The van der Waals surface area contributed by atoms with Crippen molar-refractivity contribution in [1.29, 1.82) is 0 Å². The zero-order valence-corrected chi connectivity index (χ0v) is 13.5. The Morgan fingerprint density at radius 1 is 1.12 bits per heavy atom. The molecular weight excluding hydrogens is 304 g/mol. The van der Waals surface area contributed by atoms with E-state index in [-0.39, 0.29) is 18.0 Å². The number of nitrogens with zero attached hydrogens (tertiary/aromatic N) is 2. The van der Waals surface area contributed by atoms with Gasteiger partial charge in [0.05, 0.1) is 13.1 Å². The predicted octanol–water partition coefficient (Wildman–Crippen LogP) is 1.73. The van der Waals surface area contributed by atoms with E-state index in [0.29, 0.717) is 36.7 Å². The van der Waals surface area contributed by atoms with Crippen LogP contribution in [0.2, 0.25) is 0 Å². The standard InChI is InChI=1S/C19H20N2O3/c22-17-10-21-13-5-12(17)6-14(21)8-15(7-13)24-19(23)18-16-4-2-1-3-11(16)9-20-18/h1-4,12-15H,5-10H2. The topological polar surface area (TPSA) is 59.0 Å². The lowest BCUT2D eigenvalue weighted by Gasteiger charge is -2.54. The Balaban J connectivity index is 1.29. The molecular formula is C19H20N2O3. The lowest BCUT2D eigenvalue weighted by atomic mass is 9.72. The van der Waals surface area contributed by atoms with Crippen molar-refractivity contribution in [2.75, 3.05) is 6.54 Å². The average molecular weight is 324 g/mol. The van der Waals surface area contributed by atoms with Gasteiger partial charge in [0.2, 0.25) is 0 Å². The number of ether oxygens (including phenoxy) is 1. The van der Waals surface area contributed by atoms with Crippen molar-refractivity contribution in [2.24, 2.45) is 10.9 Å². The zero-order chi connectivity index (χ0) is 16.3. The Kier molecular flexibility index (Phi) is 3.13. The molecule has 2 atom stereocenters. The number of hydrogen-bond donors (Lipinski definition) is 0. The molecule has 5 nitrogen and oxygen atoms in total. The summed E-state index contributed by atoms with van der Waals surface area (Å²) < 4.78 is 5.82. The summed E-state index contributed by atoms with van der Waals surface area (Å²) in [5.74, 6) is 0.351. The highest BCUT2D eigenvalue weighted by Crippen LogP contribution is 2.42. The first-order valence-electron chi connectivity index (χ1n) is 8.81. The minimum atomic E-state index is -0.291. The Morgan fingerprint density at radius 3 is 2.62 bits per heavy atom. The molecule has 0 spiro atoms. The molecule has 1 aromatic rings. The molecule has 4 saturated heterocycles. The molecule has 0 amide bonds. The molecule has 2 unspecified atom stereocenters. The van der Waals surface area contributed by atoms with Gasteiger partial charge in [-0.05, 0) is 18.4 Å². The zero-order valence-electron chi connectivity index (χ0n) is 13.5. The highest BCUT2D eigenvalue weighted by molar-refractivity contribution is 6.44. The first-order chi connectivity index (χ1) is 11.7. The quantitative estimate of drug-likeness (QED) is 0.777. The highest BCUT2D eigenvalue weighted by Gasteiger charge is 2.49. The summed E-state index contributed by atoms with van der Waals surface area (Å²) in [4.78, 5) is 31.2. The molecule has 5 heteroatoms. The van der Waals surface area contributed by atoms with Crippen LogP contribution in [0.1, 0.15) is 36.8 Å². The van der Waals surface area contributed by atoms with Gasteiger partial charge in [-0.15, -0.1) is 0 Å². The highest BCUT2D eigenvalue weighted by atomic mass is 16.5. The number of hydrogen-bond acceptors (Lipinski definition) is 5. The summed E-state index contributed by atoms with van der Waals surface area (Å²) in [5.41, 5.74) is 2.47. The Labute approximate surface area is 140 Å². The molecule has 1 aromatic carbocycles. The number of rotatable bonds is 2. The van der Waals surface area contributed by atoms with Gasteiger partial charge in [0, 0.05) is 36.4 Å². The molecule has 5 aliphatic rings. The van der Waals surface area contributed by atoms with Crippen molar-refractivity contribution in [2.45, 2.75) is 50.4 Å². The summed E-state index contributed by atoms with van der Waals surface area (Å²) in [6.07, 6.45) is 3.52. The van der Waals surface area contributed by atoms with E-state index in [0.717, 1.165) is 36.8 Å². The van der Waals surface area contributed by atoms with Gasteiger partial charge in [0.25, 0.3) is 0 Å². The van der Waals surface area contributed by atoms with E-state index in [4.69, 9.17) is 4.74 Å². The van der Waals surface area contributed by atoms with Gasteiger partial charge in [0.15, 0.2) is 5.71 Å². The molecule has 0 N–H and O–H groups in total. The van der Waals surface area contributed by atoms with E-state index in [2.05, 4.69) is 9.89 Å². The molecule has 6 rings (SSSR count). The molecule has 24 heavy (non-hydrogen) atoms. The van der Waals surface area contributed by atoms with E-state index < -0.39 is 0 Å². The molecule has 5 heterocycles. The minimum Gasteiger partial charge on any atom is -0.458 e. The minimum absolute atomic E-state index is 0.0478. The second kappa shape index (κ2) is 5.24. The fourth-order valence-electron chi connectivity index (χ4n) is 4.94. The van der Waals surface area contributed by atoms with Gasteiger partial charge >= 0.3 is 5.97 Å². The molecule has 5 aliphatic heterocycles. The molecule has 4 fully saturated rings. The Morgan fingerprint density at radius 2 is 1.88 bits per heavy atom. The van der Waals surface area contributed by atoms with Crippen molar-refractivity contribution in [3.8, 4) is 0 Å². The van der Waals surface area contributed by atoms with Crippen molar-refractivity contribution >= 4 is 17.5 Å². The maximum Gasteiger partial charge on any atom is 0.357 e. The van der Waals surface area contributed by atoms with E-state index in [1.807, 2.05) is 24.3 Å². The largest absolute Gasteiger partial charge is 0.458 e. The van der Waals surface area contributed by atoms with Crippen LogP contribution in [0.3, 0.4) is 0 Å². The second-order valence-corrected chi connectivity index (χ2v) is 7.44. The van der Waals surface area contributed by atoms with Crippen LogP contribution in [0.25, 0.3) is 0 Å².